The molecule has 0 radical (unpaired) electrons. The number of nitrogens with one attached hydrogen (secondary N) is 1. The summed E-state index contributed by atoms with van der Waals surface area (Å²) in [7, 11) is 0. The van der Waals surface area contributed by atoms with Crippen molar-refractivity contribution in [1.29, 1.82) is 0 Å². The van der Waals surface area contributed by atoms with Gasteiger partial charge >= 0.3 is 0 Å². The van der Waals surface area contributed by atoms with E-state index in [0.717, 1.165) is 12.8 Å². The number of hydrogen-bond donors (Lipinski definition) is 2. The first-order chi connectivity index (χ1) is 8.16. The van der Waals surface area contributed by atoms with Crippen LogP contribution in [0.25, 0.3) is 0 Å². The maximum atomic E-state index is 13.5. The quantitative estimate of drug-likeness (QED) is 0.775. The SMILES string of the molecule is NC(=O)COc1c(F)cccc1CNC1CC1. The molecule has 92 valence electrons. The molecule has 0 heterocycles. The fourth-order valence-corrected chi connectivity index (χ4v) is 1.54. The molecule has 1 saturated carbocycles. The fourth-order valence-electron chi connectivity index (χ4n) is 1.54. The molecule has 0 aromatic heterocycles. The monoisotopic (exact) mass is 238 g/mol. The molecule has 2 rings (SSSR count). The molecular weight excluding hydrogens is 223 g/mol. The maximum Gasteiger partial charge on any atom is 0.255 e. The molecule has 17 heavy (non-hydrogen) atoms. The zero-order valence-electron chi connectivity index (χ0n) is 9.41. The number of nitrogens with two attached hydrogens (primary N) is 1. The smallest absolute Gasteiger partial charge is 0.255 e. The summed E-state index contributed by atoms with van der Waals surface area (Å²) >= 11 is 0. The first-order valence-corrected chi connectivity index (χ1v) is 5.58. The van der Waals surface area contributed by atoms with E-state index in [1.165, 1.54) is 6.07 Å². The van der Waals surface area contributed by atoms with Crippen LogP contribution in [0.2, 0.25) is 0 Å². The summed E-state index contributed by atoms with van der Waals surface area (Å²) in [5.41, 5.74) is 5.68. The van der Waals surface area contributed by atoms with E-state index in [4.69, 9.17) is 10.5 Å². The largest absolute Gasteiger partial charge is 0.480 e. The number of amides is 1. The van der Waals surface area contributed by atoms with Crippen LogP contribution in [0.4, 0.5) is 4.39 Å². The van der Waals surface area contributed by atoms with Gasteiger partial charge in [-0.15, -0.1) is 0 Å². The molecule has 0 saturated heterocycles. The number of hydrogen-bond acceptors (Lipinski definition) is 3. The lowest BCUT2D eigenvalue weighted by atomic mass is 10.2. The Kier molecular flexibility index (Phi) is 3.58. The van der Waals surface area contributed by atoms with Gasteiger partial charge in [0.15, 0.2) is 18.2 Å². The molecule has 1 amide bonds. The third kappa shape index (κ3) is 3.42. The average Bonchev–Trinajstić information content (AvgIpc) is 3.08. The van der Waals surface area contributed by atoms with Gasteiger partial charge in [-0.1, -0.05) is 12.1 Å². The number of carbonyl (C=O) groups excluding carboxylic acids is 1. The predicted octanol–water partition coefficient (Wildman–Crippen LogP) is 0.942. The average molecular weight is 238 g/mol. The van der Waals surface area contributed by atoms with E-state index in [1.54, 1.807) is 12.1 Å². The van der Waals surface area contributed by atoms with Gasteiger partial charge in [-0.05, 0) is 18.9 Å². The van der Waals surface area contributed by atoms with Crippen LogP contribution in [-0.2, 0) is 11.3 Å². The van der Waals surface area contributed by atoms with Gasteiger partial charge in [-0.25, -0.2) is 4.39 Å². The Morgan fingerprint density at radius 3 is 2.94 bits per heavy atom. The van der Waals surface area contributed by atoms with Crippen LogP contribution >= 0.6 is 0 Å². The number of rotatable bonds is 6. The summed E-state index contributed by atoms with van der Waals surface area (Å²) in [5, 5.41) is 3.27. The lowest BCUT2D eigenvalue weighted by Gasteiger charge is -2.11. The Balaban J connectivity index is 2.05. The minimum Gasteiger partial charge on any atom is -0.480 e. The molecule has 0 aliphatic heterocycles. The summed E-state index contributed by atoms with van der Waals surface area (Å²) in [6, 6.07) is 5.23. The van der Waals surface area contributed by atoms with E-state index in [-0.39, 0.29) is 12.4 Å². The topological polar surface area (TPSA) is 64.4 Å². The highest BCUT2D eigenvalue weighted by Crippen LogP contribution is 2.25. The summed E-state index contributed by atoms with van der Waals surface area (Å²) in [6.45, 7) is 0.230. The molecule has 1 aromatic rings. The summed E-state index contributed by atoms with van der Waals surface area (Å²) < 4.78 is 18.6. The van der Waals surface area contributed by atoms with Crippen molar-refractivity contribution < 1.29 is 13.9 Å². The van der Waals surface area contributed by atoms with Crippen molar-refractivity contribution in [2.75, 3.05) is 6.61 Å². The van der Waals surface area contributed by atoms with Gasteiger partial charge in [0.2, 0.25) is 0 Å². The van der Waals surface area contributed by atoms with Crippen molar-refractivity contribution in [1.82, 2.24) is 5.32 Å². The molecule has 1 aliphatic rings. The third-order valence-corrected chi connectivity index (χ3v) is 2.57. The minimum absolute atomic E-state index is 0.111. The highest BCUT2D eigenvalue weighted by Gasteiger charge is 2.21. The van der Waals surface area contributed by atoms with Crippen molar-refractivity contribution >= 4 is 5.91 Å². The molecule has 4 nitrogen and oxygen atoms in total. The highest BCUT2D eigenvalue weighted by atomic mass is 19.1. The van der Waals surface area contributed by atoms with Crippen molar-refractivity contribution in [3.05, 3.63) is 29.6 Å². The molecule has 0 spiro atoms. The molecule has 1 aliphatic carbocycles. The summed E-state index contributed by atoms with van der Waals surface area (Å²) in [4.78, 5) is 10.6. The molecule has 3 N–H and O–H groups in total. The fraction of sp³-hybridized carbons (Fsp3) is 0.417. The van der Waals surface area contributed by atoms with Crippen LogP contribution in [-0.4, -0.2) is 18.6 Å². The number of carbonyl (C=O) groups is 1. The Morgan fingerprint density at radius 1 is 1.53 bits per heavy atom. The first-order valence-electron chi connectivity index (χ1n) is 5.58. The van der Waals surface area contributed by atoms with E-state index in [9.17, 15) is 9.18 Å². The zero-order chi connectivity index (χ0) is 12.3. The van der Waals surface area contributed by atoms with Gasteiger partial charge in [0.05, 0.1) is 0 Å². The molecule has 1 fully saturated rings. The van der Waals surface area contributed by atoms with Crippen molar-refractivity contribution in [3.8, 4) is 5.75 Å². The second-order valence-electron chi connectivity index (χ2n) is 4.14. The highest BCUT2D eigenvalue weighted by molar-refractivity contribution is 5.75. The normalized spacial score (nSPS) is 14.6. The Hall–Kier alpha value is -1.62. The van der Waals surface area contributed by atoms with Gasteiger partial charge in [0.1, 0.15) is 0 Å². The van der Waals surface area contributed by atoms with Crippen LogP contribution in [0.1, 0.15) is 18.4 Å². The van der Waals surface area contributed by atoms with E-state index in [2.05, 4.69) is 5.32 Å². The minimum atomic E-state index is -0.616. The summed E-state index contributed by atoms with van der Waals surface area (Å²) in [5.74, 6) is -0.977. The number of ether oxygens (including phenoxy) is 1. The summed E-state index contributed by atoms with van der Waals surface area (Å²) in [6.07, 6.45) is 2.32. The van der Waals surface area contributed by atoms with E-state index in [1.807, 2.05) is 0 Å². The molecule has 0 bridgehead atoms. The standard InChI is InChI=1S/C12H15FN2O2/c13-10-3-1-2-8(6-15-9-4-5-9)12(10)17-7-11(14)16/h1-3,9,15H,4-7H2,(H2,14,16). The molecule has 1 aromatic carbocycles. The van der Waals surface area contributed by atoms with E-state index in [0.29, 0.717) is 18.2 Å². The zero-order valence-corrected chi connectivity index (χ0v) is 9.41. The number of para-hydroxylation sites is 1. The van der Waals surface area contributed by atoms with Crippen LogP contribution < -0.4 is 15.8 Å². The van der Waals surface area contributed by atoms with E-state index < -0.39 is 11.7 Å². The number of primary amides is 1. The van der Waals surface area contributed by atoms with Gasteiger partial charge in [0, 0.05) is 18.2 Å². The van der Waals surface area contributed by atoms with Gasteiger partial charge in [-0.2, -0.15) is 0 Å². The molecular formula is C12H15FN2O2. The van der Waals surface area contributed by atoms with Gasteiger partial charge in [0.25, 0.3) is 5.91 Å². The molecule has 0 atom stereocenters. The van der Waals surface area contributed by atoms with E-state index >= 15 is 0 Å². The lowest BCUT2D eigenvalue weighted by Crippen LogP contribution is -2.22. The van der Waals surface area contributed by atoms with Crippen molar-refractivity contribution in [2.45, 2.75) is 25.4 Å². The molecule has 0 unspecified atom stereocenters. The second-order valence-corrected chi connectivity index (χ2v) is 4.14. The second kappa shape index (κ2) is 5.14. The Bertz CT molecular complexity index is 419. The van der Waals surface area contributed by atoms with Gasteiger partial charge in [-0.3, -0.25) is 4.79 Å². The van der Waals surface area contributed by atoms with Crippen LogP contribution in [0.3, 0.4) is 0 Å². The van der Waals surface area contributed by atoms with Gasteiger partial charge < -0.3 is 15.8 Å². The number of benzene rings is 1. The Labute approximate surface area is 98.9 Å². The third-order valence-electron chi connectivity index (χ3n) is 2.57. The number of halogens is 1. The molecule has 5 heteroatoms. The van der Waals surface area contributed by atoms with Crippen molar-refractivity contribution in [3.63, 3.8) is 0 Å². The van der Waals surface area contributed by atoms with Crippen LogP contribution in [0, 0.1) is 5.82 Å². The maximum absolute atomic E-state index is 13.5. The lowest BCUT2D eigenvalue weighted by molar-refractivity contribution is -0.120. The van der Waals surface area contributed by atoms with Crippen LogP contribution in [0.5, 0.6) is 5.75 Å². The van der Waals surface area contributed by atoms with Crippen LogP contribution in [0.15, 0.2) is 18.2 Å². The first kappa shape index (κ1) is 11.9. The predicted molar refractivity (Wildman–Crippen MR) is 61.0 cm³/mol. The van der Waals surface area contributed by atoms with Crippen molar-refractivity contribution in [2.24, 2.45) is 5.73 Å². The Morgan fingerprint density at radius 2 is 2.29 bits per heavy atom.